The van der Waals surface area contributed by atoms with Crippen LogP contribution < -0.4 is 10.1 Å². The zero-order chi connectivity index (χ0) is 10.8. The summed E-state index contributed by atoms with van der Waals surface area (Å²) in [6.45, 7) is 1.92. The molecule has 0 unspecified atom stereocenters. The summed E-state index contributed by atoms with van der Waals surface area (Å²) in [4.78, 5) is 8.74. The van der Waals surface area contributed by atoms with E-state index in [1.165, 1.54) is 0 Å². The van der Waals surface area contributed by atoms with E-state index in [9.17, 15) is 0 Å². The molecule has 82 valence electrons. The van der Waals surface area contributed by atoms with Crippen LogP contribution in [0.25, 0.3) is 11.0 Å². The first-order valence-electron chi connectivity index (χ1n) is 5.51. The minimum absolute atomic E-state index is 0.232. The summed E-state index contributed by atoms with van der Waals surface area (Å²) in [7, 11) is 0. The van der Waals surface area contributed by atoms with Crippen molar-refractivity contribution in [3.8, 4) is 5.88 Å². The zero-order valence-electron chi connectivity index (χ0n) is 8.89. The smallest absolute Gasteiger partial charge is 0.233 e. The van der Waals surface area contributed by atoms with Crippen LogP contribution >= 0.6 is 0 Å². The Hall–Kier alpha value is -1.68. The lowest BCUT2D eigenvalue weighted by molar-refractivity contribution is 0.214. The highest BCUT2D eigenvalue weighted by atomic mass is 16.5. The monoisotopic (exact) mass is 215 g/mol. The van der Waals surface area contributed by atoms with Gasteiger partial charge in [-0.25, -0.2) is 9.97 Å². The molecule has 1 aromatic carbocycles. The standard InChI is InChI=1S/C12H13N3O/c1-2-4-11-10(3-1)14-8-12(15-11)16-9-5-6-13-7-9/h1-4,8-9,13H,5-7H2/t9-/m0/s1. The number of fused-ring (bicyclic) bond motifs is 1. The van der Waals surface area contributed by atoms with Gasteiger partial charge in [0.1, 0.15) is 6.10 Å². The number of para-hydroxylation sites is 2. The van der Waals surface area contributed by atoms with Crippen LogP contribution in [-0.4, -0.2) is 29.2 Å². The number of nitrogens with one attached hydrogen (secondary N) is 1. The Morgan fingerprint density at radius 2 is 2.12 bits per heavy atom. The first kappa shape index (κ1) is 9.54. The second kappa shape index (κ2) is 4.06. The van der Waals surface area contributed by atoms with Gasteiger partial charge >= 0.3 is 0 Å². The van der Waals surface area contributed by atoms with Gasteiger partial charge in [-0.1, -0.05) is 12.1 Å². The van der Waals surface area contributed by atoms with E-state index in [2.05, 4.69) is 15.3 Å². The van der Waals surface area contributed by atoms with Crippen LogP contribution in [0.15, 0.2) is 30.5 Å². The average Bonchev–Trinajstić information content (AvgIpc) is 2.82. The molecule has 2 aromatic rings. The summed E-state index contributed by atoms with van der Waals surface area (Å²) in [5.41, 5.74) is 1.78. The number of hydrogen-bond acceptors (Lipinski definition) is 4. The molecule has 0 bridgehead atoms. The Bertz CT molecular complexity index is 494. The van der Waals surface area contributed by atoms with Gasteiger partial charge < -0.3 is 10.1 Å². The van der Waals surface area contributed by atoms with Crippen molar-refractivity contribution in [2.24, 2.45) is 0 Å². The number of hydrogen-bond donors (Lipinski definition) is 1. The van der Waals surface area contributed by atoms with Crippen molar-refractivity contribution in [1.82, 2.24) is 15.3 Å². The highest BCUT2D eigenvalue weighted by Gasteiger charge is 2.16. The second-order valence-corrected chi connectivity index (χ2v) is 3.93. The fraction of sp³-hybridized carbons (Fsp3) is 0.333. The molecule has 1 atom stereocenters. The Kier molecular flexibility index (Phi) is 2.42. The molecule has 1 aliphatic rings. The van der Waals surface area contributed by atoms with E-state index in [1.54, 1.807) is 6.20 Å². The Balaban J connectivity index is 1.86. The topological polar surface area (TPSA) is 47.0 Å². The van der Waals surface area contributed by atoms with Gasteiger partial charge in [-0.15, -0.1) is 0 Å². The van der Waals surface area contributed by atoms with Gasteiger partial charge in [-0.3, -0.25) is 0 Å². The molecule has 1 saturated heterocycles. The highest BCUT2D eigenvalue weighted by Crippen LogP contribution is 2.15. The molecule has 4 nitrogen and oxygen atoms in total. The van der Waals surface area contributed by atoms with E-state index in [1.807, 2.05) is 24.3 Å². The first-order chi connectivity index (χ1) is 7.92. The number of ether oxygens (including phenoxy) is 1. The SMILES string of the molecule is c1ccc2nc(O[C@H]3CCNC3)cnc2c1. The summed E-state index contributed by atoms with van der Waals surface area (Å²) in [5, 5.41) is 3.26. The third-order valence-electron chi connectivity index (χ3n) is 2.73. The maximum atomic E-state index is 5.75. The predicted molar refractivity (Wildman–Crippen MR) is 61.4 cm³/mol. The normalized spacial score (nSPS) is 20.1. The summed E-state index contributed by atoms with van der Waals surface area (Å²) < 4.78 is 5.75. The molecule has 0 spiro atoms. The van der Waals surface area contributed by atoms with Crippen LogP contribution in [-0.2, 0) is 0 Å². The molecular weight excluding hydrogens is 202 g/mol. The van der Waals surface area contributed by atoms with E-state index in [0.717, 1.165) is 30.5 Å². The maximum Gasteiger partial charge on any atom is 0.233 e. The number of benzene rings is 1. The largest absolute Gasteiger partial charge is 0.472 e. The van der Waals surface area contributed by atoms with Crippen molar-refractivity contribution in [2.45, 2.75) is 12.5 Å². The highest BCUT2D eigenvalue weighted by molar-refractivity contribution is 5.73. The first-order valence-corrected chi connectivity index (χ1v) is 5.51. The third kappa shape index (κ3) is 1.84. The van der Waals surface area contributed by atoms with Gasteiger partial charge in [0.25, 0.3) is 0 Å². The molecule has 2 heterocycles. The molecule has 1 fully saturated rings. The van der Waals surface area contributed by atoms with E-state index < -0.39 is 0 Å². The van der Waals surface area contributed by atoms with Crippen molar-refractivity contribution in [1.29, 1.82) is 0 Å². The minimum Gasteiger partial charge on any atom is -0.472 e. The van der Waals surface area contributed by atoms with E-state index in [-0.39, 0.29) is 6.10 Å². The summed E-state index contributed by atoms with van der Waals surface area (Å²) >= 11 is 0. The molecule has 0 radical (unpaired) electrons. The summed E-state index contributed by atoms with van der Waals surface area (Å²) in [6, 6.07) is 7.81. The van der Waals surface area contributed by atoms with Crippen LogP contribution in [0.5, 0.6) is 5.88 Å². The molecule has 0 amide bonds. The predicted octanol–water partition coefficient (Wildman–Crippen LogP) is 1.37. The number of rotatable bonds is 2. The molecule has 1 aromatic heterocycles. The number of nitrogens with zero attached hydrogens (tertiary/aromatic N) is 2. The molecule has 16 heavy (non-hydrogen) atoms. The van der Waals surface area contributed by atoms with Crippen molar-refractivity contribution >= 4 is 11.0 Å². The van der Waals surface area contributed by atoms with Crippen molar-refractivity contribution < 1.29 is 4.74 Å². The molecular formula is C12H13N3O. The molecule has 3 rings (SSSR count). The minimum atomic E-state index is 0.232. The fourth-order valence-corrected chi connectivity index (χ4v) is 1.90. The van der Waals surface area contributed by atoms with Crippen molar-refractivity contribution in [2.75, 3.05) is 13.1 Å². The Morgan fingerprint density at radius 3 is 2.94 bits per heavy atom. The lowest BCUT2D eigenvalue weighted by atomic mass is 10.3. The van der Waals surface area contributed by atoms with Gasteiger partial charge in [0.05, 0.1) is 17.2 Å². The van der Waals surface area contributed by atoms with Gasteiger partial charge in [0.2, 0.25) is 5.88 Å². The van der Waals surface area contributed by atoms with Gasteiger partial charge in [-0.2, -0.15) is 0 Å². The Labute approximate surface area is 93.7 Å². The van der Waals surface area contributed by atoms with E-state index >= 15 is 0 Å². The zero-order valence-corrected chi connectivity index (χ0v) is 8.89. The van der Waals surface area contributed by atoms with Crippen LogP contribution in [0.2, 0.25) is 0 Å². The van der Waals surface area contributed by atoms with E-state index in [0.29, 0.717) is 5.88 Å². The molecule has 0 aliphatic carbocycles. The maximum absolute atomic E-state index is 5.75. The molecule has 1 aliphatic heterocycles. The average molecular weight is 215 g/mol. The van der Waals surface area contributed by atoms with E-state index in [4.69, 9.17) is 4.74 Å². The summed E-state index contributed by atoms with van der Waals surface area (Å²) in [6.07, 6.45) is 2.96. The van der Waals surface area contributed by atoms with Crippen molar-refractivity contribution in [3.05, 3.63) is 30.5 Å². The lowest BCUT2D eigenvalue weighted by Crippen LogP contribution is -2.20. The van der Waals surface area contributed by atoms with Crippen LogP contribution in [0.3, 0.4) is 0 Å². The molecule has 0 saturated carbocycles. The summed E-state index contributed by atoms with van der Waals surface area (Å²) in [5.74, 6) is 0.618. The Morgan fingerprint density at radius 1 is 1.25 bits per heavy atom. The fourth-order valence-electron chi connectivity index (χ4n) is 1.90. The van der Waals surface area contributed by atoms with Crippen LogP contribution in [0, 0.1) is 0 Å². The third-order valence-corrected chi connectivity index (χ3v) is 2.73. The molecule has 4 heteroatoms. The van der Waals surface area contributed by atoms with Gasteiger partial charge in [0, 0.05) is 6.54 Å². The molecule has 1 N–H and O–H groups in total. The van der Waals surface area contributed by atoms with Crippen LogP contribution in [0.1, 0.15) is 6.42 Å². The second-order valence-electron chi connectivity index (χ2n) is 3.93. The lowest BCUT2D eigenvalue weighted by Gasteiger charge is -2.11. The quantitative estimate of drug-likeness (QED) is 0.822. The van der Waals surface area contributed by atoms with Gasteiger partial charge in [0.15, 0.2) is 0 Å². The van der Waals surface area contributed by atoms with Crippen LogP contribution in [0.4, 0.5) is 0 Å². The van der Waals surface area contributed by atoms with Crippen molar-refractivity contribution in [3.63, 3.8) is 0 Å². The van der Waals surface area contributed by atoms with Gasteiger partial charge in [-0.05, 0) is 25.1 Å². The number of aromatic nitrogens is 2.